The molecule has 1 heterocycles. The van der Waals surface area contributed by atoms with Crippen molar-refractivity contribution in [1.29, 1.82) is 0 Å². The SMILES string of the molecule is C[C@@H]1C[C@H]2[C@@H]3CCC4=CC(=O)C=C[C@]4(C)[C@@]3(F)[C@@H](O)C[C@]2(C)[C@@]1(O)c1csc(NC(=O)c2ccc(F)cc2)n1. The molecule has 0 bridgehead atoms. The third-order valence-corrected chi connectivity index (χ3v) is 11.2. The molecular weight excluding hydrogens is 522 g/mol. The highest BCUT2D eigenvalue weighted by Crippen LogP contribution is 2.72. The summed E-state index contributed by atoms with van der Waals surface area (Å²) in [5, 5.41) is 28.7. The number of benzene rings is 1. The maximum atomic E-state index is 17.4. The Hall–Kier alpha value is -2.75. The highest BCUT2D eigenvalue weighted by Gasteiger charge is 2.74. The Labute approximate surface area is 229 Å². The molecule has 0 radical (unpaired) electrons. The molecule has 0 spiro atoms. The fourth-order valence-corrected chi connectivity index (χ4v) is 9.13. The molecule has 4 aliphatic carbocycles. The van der Waals surface area contributed by atoms with Crippen LogP contribution in [0.15, 0.2) is 53.4 Å². The number of alkyl halides is 1. The third-order valence-electron chi connectivity index (χ3n) is 10.4. The van der Waals surface area contributed by atoms with E-state index >= 15 is 4.39 Å². The molecule has 0 aliphatic heterocycles. The number of thiazole rings is 1. The van der Waals surface area contributed by atoms with Gasteiger partial charge in [-0.1, -0.05) is 25.5 Å². The number of amides is 1. The second-order valence-electron chi connectivity index (χ2n) is 12.2. The number of nitrogens with one attached hydrogen (secondary N) is 1. The van der Waals surface area contributed by atoms with Crippen LogP contribution in [-0.4, -0.2) is 38.7 Å². The molecule has 1 amide bonds. The number of allylic oxidation sites excluding steroid dienone is 4. The van der Waals surface area contributed by atoms with Gasteiger partial charge in [0, 0.05) is 27.7 Å². The van der Waals surface area contributed by atoms with E-state index in [2.05, 4.69) is 10.3 Å². The largest absolute Gasteiger partial charge is 0.390 e. The van der Waals surface area contributed by atoms with E-state index in [0.717, 1.165) is 5.57 Å². The Morgan fingerprint density at radius 3 is 2.64 bits per heavy atom. The standard InChI is InChI=1S/C30H32F2N2O4S/c1-16-12-22-21-9-6-18-13-20(35)10-11-27(18,2)29(21,32)24(36)14-28(22,3)30(16,38)23-15-39-26(33-23)34-25(37)17-4-7-19(31)8-5-17/h4-5,7-8,10-11,13,15-16,21-22,24,36,38H,6,9,12,14H2,1-3H3,(H,33,34,37)/t16-,21+,22+,24+,27+,28+,29+,30+/m1/s1. The Balaban J connectivity index is 1.33. The summed E-state index contributed by atoms with van der Waals surface area (Å²) in [4.78, 5) is 29.3. The summed E-state index contributed by atoms with van der Waals surface area (Å²) in [7, 11) is 0. The molecule has 2 aromatic rings. The molecule has 9 heteroatoms. The van der Waals surface area contributed by atoms with Crippen molar-refractivity contribution in [2.75, 3.05) is 5.32 Å². The minimum Gasteiger partial charge on any atom is -0.390 e. The quantitative estimate of drug-likeness (QED) is 0.476. The van der Waals surface area contributed by atoms with Crippen LogP contribution < -0.4 is 5.32 Å². The first-order valence-corrected chi connectivity index (χ1v) is 14.3. The zero-order valence-corrected chi connectivity index (χ0v) is 22.9. The molecule has 1 aromatic heterocycles. The first-order chi connectivity index (χ1) is 18.3. The molecule has 1 aromatic carbocycles. The monoisotopic (exact) mass is 554 g/mol. The fourth-order valence-electron chi connectivity index (χ4n) is 8.37. The molecule has 3 fully saturated rings. The number of carbonyl (C=O) groups excluding carboxylic acids is 2. The maximum Gasteiger partial charge on any atom is 0.257 e. The van der Waals surface area contributed by atoms with E-state index in [4.69, 9.17) is 0 Å². The first-order valence-electron chi connectivity index (χ1n) is 13.4. The number of anilines is 1. The van der Waals surface area contributed by atoms with Gasteiger partial charge < -0.3 is 10.2 Å². The van der Waals surface area contributed by atoms with Crippen LogP contribution in [0.3, 0.4) is 0 Å². The van der Waals surface area contributed by atoms with Crippen LogP contribution in [0, 0.1) is 34.4 Å². The number of aromatic nitrogens is 1. The van der Waals surface area contributed by atoms with Gasteiger partial charge in [-0.15, -0.1) is 11.3 Å². The van der Waals surface area contributed by atoms with Crippen LogP contribution in [0.4, 0.5) is 13.9 Å². The average Bonchev–Trinajstić information content (AvgIpc) is 3.43. The molecular formula is C30H32F2N2O4S. The van der Waals surface area contributed by atoms with E-state index in [1.165, 1.54) is 47.8 Å². The summed E-state index contributed by atoms with van der Waals surface area (Å²) in [6, 6.07) is 5.17. The van der Waals surface area contributed by atoms with E-state index in [-0.39, 0.29) is 29.6 Å². The number of fused-ring (bicyclic) bond motifs is 5. The van der Waals surface area contributed by atoms with E-state index in [9.17, 15) is 24.2 Å². The minimum absolute atomic E-state index is 0.0327. The van der Waals surface area contributed by atoms with Crippen molar-refractivity contribution in [3.05, 3.63) is 70.5 Å². The Morgan fingerprint density at radius 2 is 1.92 bits per heavy atom. The summed E-state index contributed by atoms with van der Waals surface area (Å²) in [5.41, 5.74) is -4.00. The van der Waals surface area contributed by atoms with E-state index in [1.807, 2.05) is 13.8 Å². The molecule has 6 nitrogen and oxygen atoms in total. The first kappa shape index (κ1) is 26.5. The Morgan fingerprint density at radius 1 is 1.21 bits per heavy atom. The van der Waals surface area contributed by atoms with Gasteiger partial charge in [0.15, 0.2) is 16.6 Å². The Kier molecular flexibility index (Phi) is 5.85. The van der Waals surface area contributed by atoms with Gasteiger partial charge in [0.2, 0.25) is 0 Å². The molecule has 0 saturated heterocycles. The van der Waals surface area contributed by atoms with Crippen molar-refractivity contribution in [2.24, 2.45) is 28.6 Å². The van der Waals surface area contributed by atoms with Crippen LogP contribution in [0.25, 0.3) is 0 Å². The van der Waals surface area contributed by atoms with Crippen molar-refractivity contribution in [1.82, 2.24) is 4.98 Å². The molecule has 6 rings (SSSR count). The topological polar surface area (TPSA) is 99.5 Å². The number of halogens is 2. The third kappa shape index (κ3) is 3.45. The molecule has 206 valence electrons. The normalized spacial score (nSPS) is 40.9. The predicted molar refractivity (Wildman–Crippen MR) is 143 cm³/mol. The molecule has 8 atom stereocenters. The van der Waals surface area contributed by atoms with Gasteiger partial charge in [0.1, 0.15) is 11.4 Å². The second-order valence-corrected chi connectivity index (χ2v) is 13.0. The van der Waals surface area contributed by atoms with Crippen LogP contribution in [-0.2, 0) is 10.4 Å². The van der Waals surface area contributed by atoms with Crippen molar-refractivity contribution in [2.45, 2.75) is 63.8 Å². The highest BCUT2D eigenvalue weighted by molar-refractivity contribution is 7.14. The molecule has 0 unspecified atom stereocenters. The van der Waals surface area contributed by atoms with Crippen molar-refractivity contribution in [3.8, 4) is 0 Å². The zero-order valence-electron chi connectivity index (χ0n) is 22.1. The summed E-state index contributed by atoms with van der Waals surface area (Å²) in [6.07, 6.45) is 4.82. The van der Waals surface area contributed by atoms with Crippen LogP contribution in [0.2, 0.25) is 0 Å². The van der Waals surface area contributed by atoms with Gasteiger partial charge in [-0.2, -0.15) is 0 Å². The number of hydrogen-bond acceptors (Lipinski definition) is 6. The van der Waals surface area contributed by atoms with Gasteiger partial charge in [0.25, 0.3) is 5.91 Å². The van der Waals surface area contributed by atoms with Crippen LogP contribution in [0.5, 0.6) is 0 Å². The van der Waals surface area contributed by atoms with Gasteiger partial charge in [-0.05, 0) is 80.9 Å². The summed E-state index contributed by atoms with van der Waals surface area (Å²) >= 11 is 1.18. The average molecular weight is 555 g/mol. The van der Waals surface area contributed by atoms with Gasteiger partial charge >= 0.3 is 0 Å². The number of ketones is 1. The van der Waals surface area contributed by atoms with E-state index < -0.39 is 45.8 Å². The smallest absolute Gasteiger partial charge is 0.257 e. The number of nitrogens with zero attached hydrogens (tertiary/aromatic N) is 1. The second kappa shape index (κ2) is 8.62. The molecule has 3 N–H and O–H groups in total. The molecule has 3 saturated carbocycles. The van der Waals surface area contributed by atoms with Crippen molar-refractivity contribution < 1.29 is 28.6 Å². The summed E-state index contributed by atoms with van der Waals surface area (Å²) < 4.78 is 30.6. The van der Waals surface area contributed by atoms with Crippen LogP contribution >= 0.6 is 11.3 Å². The highest BCUT2D eigenvalue weighted by atomic mass is 32.1. The lowest BCUT2D eigenvalue weighted by molar-refractivity contribution is -0.223. The zero-order chi connectivity index (χ0) is 28.0. The predicted octanol–water partition coefficient (Wildman–Crippen LogP) is 5.34. The van der Waals surface area contributed by atoms with E-state index in [0.29, 0.717) is 30.1 Å². The number of aliphatic hydroxyl groups excluding tert-OH is 1. The fraction of sp³-hybridized carbons (Fsp3) is 0.500. The number of carbonyl (C=O) groups is 2. The van der Waals surface area contributed by atoms with Gasteiger partial charge in [-0.3, -0.25) is 14.9 Å². The van der Waals surface area contributed by atoms with Crippen LogP contribution in [0.1, 0.15) is 62.5 Å². The number of hydrogen-bond donors (Lipinski definition) is 3. The van der Waals surface area contributed by atoms with Gasteiger partial charge in [-0.25, -0.2) is 13.8 Å². The van der Waals surface area contributed by atoms with Crippen molar-refractivity contribution >= 4 is 28.2 Å². The maximum absolute atomic E-state index is 17.4. The lowest BCUT2D eigenvalue weighted by Crippen LogP contribution is -2.68. The minimum atomic E-state index is -1.97. The van der Waals surface area contributed by atoms with Crippen molar-refractivity contribution in [3.63, 3.8) is 0 Å². The Bertz CT molecular complexity index is 1420. The molecule has 4 aliphatic rings. The lowest BCUT2D eigenvalue weighted by atomic mass is 9.44. The molecule has 39 heavy (non-hydrogen) atoms. The number of aliphatic hydroxyl groups is 2. The van der Waals surface area contributed by atoms with Gasteiger partial charge in [0.05, 0.1) is 11.8 Å². The number of rotatable bonds is 3. The summed E-state index contributed by atoms with van der Waals surface area (Å²) in [6.45, 7) is 5.63. The lowest BCUT2D eigenvalue weighted by Gasteiger charge is -2.62. The van der Waals surface area contributed by atoms with E-state index in [1.54, 1.807) is 18.4 Å². The summed E-state index contributed by atoms with van der Waals surface area (Å²) in [5.74, 6) is -2.07.